The van der Waals surface area contributed by atoms with Gasteiger partial charge in [-0.2, -0.15) is 0 Å². The molecule has 0 unspecified atom stereocenters. The Kier molecular flexibility index (Phi) is 4.19. The van der Waals surface area contributed by atoms with Crippen LogP contribution in [0.4, 0.5) is 0 Å². The van der Waals surface area contributed by atoms with E-state index in [-0.39, 0.29) is 0 Å². The molecular formula is C18H16N2O3. The average molecular weight is 308 g/mol. The fraction of sp³-hybridized carbons (Fsp3) is 0.167. The zero-order chi connectivity index (χ0) is 16.2. The molecule has 1 atom stereocenters. The van der Waals surface area contributed by atoms with Crippen LogP contribution >= 0.6 is 0 Å². The second-order valence-corrected chi connectivity index (χ2v) is 5.12. The van der Waals surface area contributed by atoms with Gasteiger partial charge < -0.3 is 9.84 Å². The summed E-state index contributed by atoms with van der Waals surface area (Å²) in [4.78, 5) is 20.0. The molecule has 5 nitrogen and oxygen atoms in total. The summed E-state index contributed by atoms with van der Waals surface area (Å²) in [6, 6.07) is 14.9. The minimum atomic E-state index is -0.961. The third kappa shape index (κ3) is 3.29. The first-order valence-electron chi connectivity index (χ1n) is 7.39. The predicted octanol–water partition coefficient (Wildman–Crippen LogP) is 3.54. The fourth-order valence-electron chi connectivity index (χ4n) is 2.27. The Labute approximate surface area is 133 Å². The Morgan fingerprint density at radius 1 is 1.13 bits per heavy atom. The van der Waals surface area contributed by atoms with E-state index in [0.29, 0.717) is 12.2 Å². The molecule has 0 saturated heterocycles. The van der Waals surface area contributed by atoms with Gasteiger partial charge in [-0.05, 0) is 42.8 Å². The van der Waals surface area contributed by atoms with Gasteiger partial charge in [-0.15, -0.1) is 0 Å². The molecule has 0 bridgehead atoms. The number of fused-ring (bicyclic) bond motifs is 1. The van der Waals surface area contributed by atoms with Gasteiger partial charge in [0, 0.05) is 5.56 Å². The van der Waals surface area contributed by atoms with Crippen LogP contribution in [0.15, 0.2) is 54.7 Å². The molecule has 116 valence electrons. The average Bonchev–Trinajstić information content (AvgIpc) is 2.59. The summed E-state index contributed by atoms with van der Waals surface area (Å²) >= 11 is 0. The highest BCUT2D eigenvalue weighted by Gasteiger charge is 2.16. The SMILES string of the molecule is CC[C@H](Oc1ccc(-c2cnc3ccccc3n2)cc1)C(=O)O. The van der Waals surface area contributed by atoms with Gasteiger partial charge in [-0.1, -0.05) is 19.1 Å². The number of aliphatic carboxylic acids is 1. The zero-order valence-corrected chi connectivity index (χ0v) is 12.6. The predicted molar refractivity (Wildman–Crippen MR) is 87.3 cm³/mol. The number of carboxylic acid groups (broad SMARTS) is 1. The van der Waals surface area contributed by atoms with Gasteiger partial charge >= 0.3 is 5.97 Å². The molecule has 3 aromatic rings. The normalized spacial score (nSPS) is 12.0. The van der Waals surface area contributed by atoms with Crippen LogP contribution in [0, 0.1) is 0 Å². The number of hydrogen-bond donors (Lipinski definition) is 1. The zero-order valence-electron chi connectivity index (χ0n) is 12.6. The largest absolute Gasteiger partial charge is 0.479 e. The van der Waals surface area contributed by atoms with Crippen LogP contribution in [-0.2, 0) is 4.79 Å². The third-order valence-corrected chi connectivity index (χ3v) is 3.52. The van der Waals surface area contributed by atoms with E-state index >= 15 is 0 Å². The van der Waals surface area contributed by atoms with Crippen LogP contribution < -0.4 is 4.74 Å². The van der Waals surface area contributed by atoms with Crippen molar-refractivity contribution in [2.45, 2.75) is 19.4 Å². The molecule has 5 heteroatoms. The highest BCUT2D eigenvalue weighted by Crippen LogP contribution is 2.23. The summed E-state index contributed by atoms with van der Waals surface area (Å²) in [6.07, 6.45) is 1.30. The lowest BCUT2D eigenvalue weighted by Gasteiger charge is -2.13. The number of para-hydroxylation sites is 2. The van der Waals surface area contributed by atoms with Crippen molar-refractivity contribution < 1.29 is 14.6 Å². The molecule has 0 aliphatic carbocycles. The van der Waals surface area contributed by atoms with Crippen molar-refractivity contribution in [3.05, 3.63) is 54.7 Å². The van der Waals surface area contributed by atoms with Crippen LogP contribution in [0.3, 0.4) is 0 Å². The number of carbonyl (C=O) groups is 1. The first-order valence-corrected chi connectivity index (χ1v) is 7.39. The standard InChI is InChI=1S/C18H16N2O3/c1-2-17(18(21)22)23-13-9-7-12(8-10-13)16-11-19-14-5-3-4-6-15(14)20-16/h3-11,17H,2H2,1H3,(H,21,22)/t17-/m0/s1. The van der Waals surface area contributed by atoms with E-state index in [1.54, 1.807) is 25.3 Å². The maximum absolute atomic E-state index is 11.0. The van der Waals surface area contributed by atoms with Crippen molar-refractivity contribution in [1.82, 2.24) is 9.97 Å². The number of ether oxygens (including phenoxy) is 1. The second-order valence-electron chi connectivity index (χ2n) is 5.12. The molecule has 0 aliphatic rings. The van der Waals surface area contributed by atoms with Crippen molar-refractivity contribution in [2.24, 2.45) is 0 Å². The number of nitrogens with zero attached hydrogens (tertiary/aromatic N) is 2. The summed E-state index contributed by atoms with van der Waals surface area (Å²) < 4.78 is 5.45. The molecule has 0 aliphatic heterocycles. The lowest BCUT2D eigenvalue weighted by Crippen LogP contribution is -2.25. The van der Waals surface area contributed by atoms with Gasteiger partial charge in [-0.25, -0.2) is 9.78 Å². The van der Waals surface area contributed by atoms with Gasteiger partial charge in [-0.3, -0.25) is 4.98 Å². The summed E-state index contributed by atoms with van der Waals surface area (Å²) in [6.45, 7) is 1.78. The molecule has 1 N–H and O–H groups in total. The Morgan fingerprint density at radius 2 is 1.83 bits per heavy atom. The van der Waals surface area contributed by atoms with Crippen LogP contribution in [0.2, 0.25) is 0 Å². The van der Waals surface area contributed by atoms with Crippen molar-refractivity contribution >= 4 is 17.0 Å². The molecule has 0 amide bonds. The van der Waals surface area contributed by atoms with Crippen LogP contribution in [0.1, 0.15) is 13.3 Å². The number of carboxylic acids is 1. The van der Waals surface area contributed by atoms with Gasteiger partial charge in [0.25, 0.3) is 0 Å². The van der Waals surface area contributed by atoms with Gasteiger partial charge in [0.15, 0.2) is 6.10 Å². The molecule has 2 aromatic carbocycles. The first-order chi connectivity index (χ1) is 11.2. The third-order valence-electron chi connectivity index (χ3n) is 3.52. The van der Waals surface area contributed by atoms with Gasteiger partial charge in [0.2, 0.25) is 0 Å². The van der Waals surface area contributed by atoms with Crippen molar-refractivity contribution in [3.63, 3.8) is 0 Å². The van der Waals surface area contributed by atoms with E-state index in [2.05, 4.69) is 9.97 Å². The second kappa shape index (κ2) is 6.44. The lowest BCUT2D eigenvalue weighted by molar-refractivity contribution is -0.145. The Morgan fingerprint density at radius 3 is 2.48 bits per heavy atom. The quantitative estimate of drug-likeness (QED) is 0.780. The first kappa shape index (κ1) is 15.0. The maximum Gasteiger partial charge on any atom is 0.344 e. The smallest absolute Gasteiger partial charge is 0.344 e. The molecule has 3 rings (SSSR count). The van der Waals surface area contributed by atoms with Crippen LogP contribution in [0.25, 0.3) is 22.3 Å². The monoisotopic (exact) mass is 308 g/mol. The minimum Gasteiger partial charge on any atom is -0.479 e. The molecular weight excluding hydrogens is 292 g/mol. The Hall–Kier alpha value is -2.95. The molecule has 0 spiro atoms. The number of hydrogen-bond acceptors (Lipinski definition) is 4. The fourth-order valence-corrected chi connectivity index (χ4v) is 2.27. The maximum atomic E-state index is 11.0. The highest BCUT2D eigenvalue weighted by atomic mass is 16.5. The molecule has 0 fully saturated rings. The summed E-state index contributed by atoms with van der Waals surface area (Å²) in [5.74, 6) is -0.436. The molecule has 1 heterocycles. The number of aromatic nitrogens is 2. The van der Waals surface area contributed by atoms with E-state index in [1.807, 2.05) is 36.4 Å². The number of rotatable bonds is 5. The lowest BCUT2D eigenvalue weighted by atomic mass is 10.1. The van der Waals surface area contributed by atoms with Crippen molar-refractivity contribution in [1.29, 1.82) is 0 Å². The Bertz CT molecular complexity index is 831. The highest BCUT2D eigenvalue weighted by molar-refractivity contribution is 5.77. The minimum absolute atomic E-state index is 0.410. The van der Waals surface area contributed by atoms with E-state index in [1.165, 1.54) is 0 Å². The van der Waals surface area contributed by atoms with Gasteiger partial charge in [0.1, 0.15) is 5.75 Å². The van der Waals surface area contributed by atoms with E-state index < -0.39 is 12.1 Å². The molecule has 0 saturated carbocycles. The summed E-state index contributed by atoms with van der Waals surface area (Å²) in [7, 11) is 0. The topological polar surface area (TPSA) is 72.3 Å². The summed E-state index contributed by atoms with van der Waals surface area (Å²) in [5.41, 5.74) is 3.35. The molecule has 1 aromatic heterocycles. The Balaban J connectivity index is 1.84. The van der Waals surface area contributed by atoms with E-state index in [9.17, 15) is 4.79 Å². The summed E-state index contributed by atoms with van der Waals surface area (Å²) in [5, 5.41) is 9.02. The van der Waals surface area contributed by atoms with E-state index in [4.69, 9.17) is 9.84 Å². The molecule has 0 radical (unpaired) electrons. The molecule has 23 heavy (non-hydrogen) atoms. The number of benzene rings is 2. The van der Waals surface area contributed by atoms with Crippen molar-refractivity contribution in [2.75, 3.05) is 0 Å². The van der Waals surface area contributed by atoms with Crippen LogP contribution in [-0.4, -0.2) is 27.1 Å². The van der Waals surface area contributed by atoms with Gasteiger partial charge in [0.05, 0.1) is 22.9 Å². The van der Waals surface area contributed by atoms with Crippen LogP contribution in [0.5, 0.6) is 5.75 Å². The van der Waals surface area contributed by atoms with Crippen molar-refractivity contribution in [3.8, 4) is 17.0 Å². The van der Waals surface area contributed by atoms with E-state index in [0.717, 1.165) is 22.3 Å².